The SMILES string of the molecule is CCOC(=O)/C(I)=C(\C)Cl. The van der Waals surface area contributed by atoms with Gasteiger partial charge < -0.3 is 4.74 Å². The number of hydrogen-bond donors (Lipinski definition) is 0. The average Bonchev–Trinajstić information content (AvgIpc) is 1.87. The van der Waals surface area contributed by atoms with Crippen LogP contribution in [-0.2, 0) is 9.53 Å². The summed E-state index contributed by atoms with van der Waals surface area (Å²) in [5.74, 6) is -0.351. The quantitative estimate of drug-likeness (QED) is 0.439. The van der Waals surface area contributed by atoms with E-state index in [0.717, 1.165) is 0 Å². The molecule has 10 heavy (non-hydrogen) atoms. The summed E-state index contributed by atoms with van der Waals surface area (Å²) in [4.78, 5) is 10.8. The molecule has 0 saturated heterocycles. The molecule has 0 aromatic heterocycles. The third kappa shape index (κ3) is 3.41. The minimum absolute atomic E-state index is 0.351. The van der Waals surface area contributed by atoms with Crippen LogP contribution in [-0.4, -0.2) is 12.6 Å². The Labute approximate surface area is 78.7 Å². The van der Waals surface area contributed by atoms with Crippen molar-refractivity contribution in [2.45, 2.75) is 13.8 Å². The van der Waals surface area contributed by atoms with Crippen molar-refractivity contribution in [1.29, 1.82) is 0 Å². The molecule has 2 nitrogen and oxygen atoms in total. The van der Waals surface area contributed by atoms with Gasteiger partial charge in [0.25, 0.3) is 0 Å². The molecule has 0 heterocycles. The predicted octanol–water partition coefficient (Wildman–Crippen LogP) is 2.45. The summed E-state index contributed by atoms with van der Waals surface area (Å²) in [6.45, 7) is 3.79. The van der Waals surface area contributed by atoms with Gasteiger partial charge in [-0.3, -0.25) is 0 Å². The summed E-state index contributed by atoms with van der Waals surface area (Å²) >= 11 is 7.38. The zero-order valence-corrected chi connectivity index (χ0v) is 8.69. The molecule has 0 aliphatic carbocycles. The lowest BCUT2D eigenvalue weighted by atomic mass is 10.5. The van der Waals surface area contributed by atoms with Crippen molar-refractivity contribution in [1.82, 2.24) is 0 Å². The Hall–Kier alpha value is 0.230. The molecule has 0 amide bonds. The van der Waals surface area contributed by atoms with Gasteiger partial charge in [0.15, 0.2) is 0 Å². The minimum Gasteiger partial charge on any atom is -0.462 e. The molecule has 0 spiro atoms. The van der Waals surface area contributed by atoms with Gasteiger partial charge in [-0.1, -0.05) is 11.6 Å². The van der Waals surface area contributed by atoms with Crippen LogP contribution in [0.15, 0.2) is 8.61 Å². The number of halogens is 2. The van der Waals surface area contributed by atoms with E-state index in [0.29, 0.717) is 15.2 Å². The minimum atomic E-state index is -0.351. The highest BCUT2D eigenvalue weighted by molar-refractivity contribution is 14.1. The second-order valence-electron chi connectivity index (χ2n) is 1.57. The van der Waals surface area contributed by atoms with Crippen molar-refractivity contribution in [3.05, 3.63) is 8.61 Å². The van der Waals surface area contributed by atoms with E-state index in [2.05, 4.69) is 4.74 Å². The van der Waals surface area contributed by atoms with Gasteiger partial charge in [-0.05, 0) is 36.4 Å². The number of allylic oxidation sites excluding steroid dienone is 1. The number of carbonyl (C=O) groups excluding carboxylic acids is 1. The highest BCUT2D eigenvalue weighted by atomic mass is 127. The van der Waals surface area contributed by atoms with Gasteiger partial charge in [0, 0.05) is 5.03 Å². The number of hydrogen-bond acceptors (Lipinski definition) is 2. The molecule has 0 atom stereocenters. The van der Waals surface area contributed by atoms with Crippen molar-refractivity contribution in [2.24, 2.45) is 0 Å². The van der Waals surface area contributed by atoms with E-state index in [9.17, 15) is 4.79 Å². The molecule has 0 rings (SSSR count). The van der Waals surface area contributed by atoms with Gasteiger partial charge in [0.2, 0.25) is 0 Å². The van der Waals surface area contributed by atoms with Crippen LogP contribution < -0.4 is 0 Å². The van der Waals surface area contributed by atoms with Gasteiger partial charge in [-0.15, -0.1) is 0 Å². The fourth-order valence-corrected chi connectivity index (χ4v) is 0.568. The van der Waals surface area contributed by atoms with Crippen molar-refractivity contribution in [3.63, 3.8) is 0 Å². The fraction of sp³-hybridized carbons (Fsp3) is 0.500. The highest BCUT2D eigenvalue weighted by Gasteiger charge is 2.07. The van der Waals surface area contributed by atoms with Crippen molar-refractivity contribution < 1.29 is 9.53 Å². The van der Waals surface area contributed by atoms with E-state index in [1.54, 1.807) is 13.8 Å². The van der Waals surface area contributed by atoms with E-state index in [1.807, 2.05) is 22.6 Å². The second kappa shape index (κ2) is 4.96. The van der Waals surface area contributed by atoms with Crippen LogP contribution in [0.25, 0.3) is 0 Å². The average molecular weight is 274 g/mol. The number of carbonyl (C=O) groups is 1. The molecule has 0 unspecified atom stereocenters. The Morgan fingerprint density at radius 3 is 2.50 bits per heavy atom. The number of ether oxygens (including phenoxy) is 1. The van der Waals surface area contributed by atoms with E-state index in [1.165, 1.54) is 0 Å². The summed E-state index contributed by atoms with van der Waals surface area (Å²) < 4.78 is 5.12. The van der Waals surface area contributed by atoms with Gasteiger partial charge in [-0.2, -0.15) is 0 Å². The van der Waals surface area contributed by atoms with Crippen molar-refractivity contribution in [2.75, 3.05) is 6.61 Å². The molecule has 0 radical (unpaired) electrons. The molecular formula is C6H8ClIO2. The van der Waals surface area contributed by atoms with Crippen LogP contribution >= 0.6 is 34.2 Å². The highest BCUT2D eigenvalue weighted by Crippen LogP contribution is 2.16. The largest absolute Gasteiger partial charge is 0.462 e. The maximum atomic E-state index is 10.8. The first kappa shape index (κ1) is 10.2. The molecule has 4 heteroatoms. The summed E-state index contributed by atoms with van der Waals surface area (Å²) in [6, 6.07) is 0. The topological polar surface area (TPSA) is 26.3 Å². The third-order valence-electron chi connectivity index (χ3n) is 0.757. The van der Waals surface area contributed by atoms with Crippen LogP contribution in [0, 0.1) is 0 Å². The van der Waals surface area contributed by atoms with Crippen LogP contribution in [0.3, 0.4) is 0 Å². The van der Waals surface area contributed by atoms with E-state index in [-0.39, 0.29) is 5.97 Å². The lowest BCUT2D eigenvalue weighted by Gasteiger charge is -1.99. The van der Waals surface area contributed by atoms with E-state index < -0.39 is 0 Å². The van der Waals surface area contributed by atoms with Crippen LogP contribution in [0.1, 0.15) is 13.8 Å². The molecule has 0 aromatic rings. The normalized spacial score (nSPS) is 12.4. The molecule has 0 aliphatic heterocycles. The van der Waals surface area contributed by atoms with Crippen LogP contribution in [0.4, 0.5) is 0 Å². The Kier molecular flexibility index (Phi) is 5.07. The van der Waals surface area contributed by atoms with Gasteiger partial charge >= 0.3 is 5.97 Å². The Bertz CT molecular complexity index is 161. The van der Waals surface area contributed by atoms with E-state index in [4.69, 9.17) is 11.6 Å². The van der Waals surface area contributed by atoms with Crippen molar-refractivity contribution in [3.8, 4) is 0 Å². The molecule has 0 aromatic carbocycles. The lowest BCUT2D eigenvalue weighted by Crippen LogP contribution is -2.03. The van der Waals surface area contributed by atoms with Crippen LogP contribution in [0.5, 0.6) is 0 Å². The Balaban J connectivity index is 4.09. The predicted molar refractivity (Wildman–Crippen MR) is 49.2 cm³/mol. The zero-order chi connectivity index (χ0) is 8.15. The van der Waals surface area contributed by atoms with Crippen molar-refractivity contribution >= 4 is 40.2 Å². The Morgan fingerprint density at radius 1 is 1.70 bits per heavy atom. The zero-order valence-electron chi connectivity index (χ0n) is 5.78. The standard InChI is InChI=1S/C6H8ClIO2/c1-3-10-6(9)5(8)4(2)7/h3H2,1-2H3/b5-4-. The maximum Gasteiger partial charge on any atom is 0.345 e. The third-order valence-corrected chi connectivity index (χ3v) is 2.51. The molecule has 0 N–H and O–H groups in total. The summed E-state index contributed by atoms with van der Waals surface area (Å²) in [6.07, 6.45) is 0. The molecule has 0 aliphatic rings. The lowest BCUT2D eigenvalue weighted by molar-refractivity contribution is -0.137. The van der Waals surface area contributed by atoms with Gasteiger partial charge in [-0.25, -0.2) is 4.79 Å². The maximum absolute atomic E-state index is 10.8. The molecular weight excluding hydrogens is 266 g/mol. The fourth-order valence-electron chi connectivity index (χ4n) is 0.335. The Morgan fingerprint density at radius 2 is 2.20 bits per heavy atom. The molecule has 0 bridgehead atoms. The van der Waals surface area contributed by atoms with Gasteiger partial charge in [0.1, 0.15) is 3.58 Å². The first-order valence-electron chi connectivity index (χ1n) is 2.78. The number of esters is 1. The smallest absolute Gasteiger partial charge is 0.345 e. The molecule has 0 saturated carbocycles. The van der Waals surface area contributed by atoms with Crippen LogP contribution in [0.2, 0.25) is 0 Å². The first-order valence-corrected chi connectivity index (χ1v) is 4.24. The molecule has 58 valence electrons. The number of rotatable bonds is 2. The molecule has 0 fully saturated rings. The van der Waals surface area contributed by atoms with Gasteiger partial charge in [0.05, 0.1) is 6.61 Å². The monoisotopic (exact) mass is 274 g/mol. The summed E-state index contributed by atoms with van der Waals surface area (Å²) in [7, 11) is 0. The summed E-state index contributed by atoms with van der Waals surface area (Å²) in [5, 5.41) is 0.471. The summed E-state index contributed by atoms with van der Waals surface area (Å²) in [5.41, 5.74) is 0. The van der Waals surface area contributed by atoms with E-state index >= 15 is 0 Å². The first-order chi connectivity index (χ1) is 4.59. The second-order valence-corrected chi connectivity index (χ2v) is 3.21.